The SMILES string of the molecule is CC(=O)OCC1=CCC2CC1C2(C)C.CC1(C)C2CC=C(CO)C1C2. The summed E-state index contributed by atoms with van der Waals surface area (Å²) < 4.78 is 5.06. The van der Waals surface area contributed by atoms with Gasteiger partial charge in [0, 0.05) is 6.92 Å². The number of ether oxygens (including phenoxy) is 1. The summed E-state index contributed by atoms with van der Waals surface area (Å²) >= 11 is 0. The molecule has 2 saturated carbocycles. The van der Waals surface area contributed by atoms with Gasteiger partial charge in [-0.3, -0.25) is 4.79 Å². The molecule has 0 aromatic rings. The Labute approximate surface area is 152 Å². The Morgan fingerprint density at radius 2 is 1.52 bits per heavy atom. The average molecular weight is 347 g/mol. The molecule has 0 aliphatic heterocycles. The molecule has 6 aliphatic rings. The Kier molecular flexibility index (Phi) is 4.91. The molecule has 25 heavy (non-hydrogen) atoms. The molecule has 3 nitrogen and oxygen atoms in total. The molecule has 0 aromatic carbocycles. The summed E-state index contributed by atoms with van der Waals surface area (Å²) in [4.78, 5) is 10.7. The van der Waals surface area contributed by atoms with Gasteiger partial charge in [0.25, 0.3) is 0 Å². The molecule has 3 heteroatoms. The number of esters is 1. The van der Waals surface area contributed by atoms with E-state index in [0.717, 1.165) is 11.8 Å². The van der Waals surface area contributed by atoms with Gasteiger partial charge in [-0.15, -0.1) is 0 Å². The highest BCUT2D eigenvalue weighted by Gasteiger charge is 2.51. The number of carbonyl (C=O) groups excluding carboxylic acids is 1. The van der Waals surface area contributed by atoms with Crippen molar-refractivity contribution in [3.8, 4) is 0 Å². The van der Waals surface area contributed by atoms with E-state index >= 15 is 0 Å². The van der Waals surface area contributed by atoms with E-state index < -0.39 is 0 Å². The summed E-state index contributed by atoms with van der Waals surface area (Å²) in [6, 6.07) is 0. The molecule has 0 spiro atoms. The normalized spacial score (nSPS) is 35.8. The summed E-state index contributed by atoms with van der Waals surface area (Å²) in [5.41, 5.74) is 3.54. The maximum atomic E-state index is 10.7. The smallest absolute Gasteiger partial charge is 0.302 e. The van der Waals surface area contributed by atoms with Crippen LogP contribution in [0.2, 0.25) is 0 Å². The van der Waals surface area contributed by atoms with Crippen molar-refractivity contribution in [2.75, 3.05) is 13.2 Å². The lowest BCUT2D eigenvalue weighted by atomic mass is 9.49. The summed E-state index contributed by atoms with van der Waals surface area (Å²) in [5.74, 6) is 2.91. The summed E-state index contributed by atoms with van der Waals surface area (Å²) in [6.07, 6.45) is 9.48. The molecule has 0 aromatic heterocycles. The van der Waals surface area contributed by atoms with E-state index in [-0.39, 0.29) is 12.6 Å². The van der Waals surface area contributed by atoms with Gasteiger partial charge in [0.05, 0.1) is 6.61 Å². The minimum Gasteiger partial charge on any atom is -0.461 e. The van der Waals surface area contributed by atoms with Gasteiger partial charge in [-0.2, -0.15) is 0 Å². The van der Waals surface area contributed by atoms with E-state index in [4.69, 9.17) is 9.84 Å². The minimum atomic E-state index is -0.176. The van der Waals surface area contributed by atoms with Gasteiger partial charge in [0.2, 0.25) is 0 Å². The number of hydrogen-bond donors (Lipinski definition) is 1. The fraction of sp³-hybridized carbons (Fsp3) is 0.773. The Morgan fingerprint density at radius 1 is 1.04 bits per heavy atom. The van der Waals surface area contributed by atoms with Gasteiger partial charge < -0.3 is 9.84 Å². The predicted molar refractivity (Wildman–Crippen MR) is 99.9 cm³/mol. The molecule has 6 aliphatic carbocycles. The maximum absolute atomic E-state index is 10.7. The molecule has 0 amide bonds. The van der Waals surface area contributed by atoms with Crippen LogP contribution in [0.4, 0.5) is 0 Å². The molecule has 2 fully saturated rings. The van der Waals surface area contributed by atoms with Crippen LogP contribution in [0, 0.1) is 34.5 Å². The van der Waals surface area contributed by atoms with Crippen molar-refractivity contribution in [3.05, 3.63) is 23.3 Å². The van der Waals surface area contributed by atoms with Crippen molar-refractivity contribution in [2.24, 2.45) is 34.5 Å². The molecule has 0 heterocycles. The van der Waals surface area contributed by atoms with Crippen molar-refractivity contribution >= 4 is 5.97 Å². The minimum absolute atomic E-state index is 0.176. The fourth-order valence-corrected chi connectivity index (χ4v) is 5.48. The van der Waals surface area contributed by atoms with E-state index in [1.807, 2.05) is 0 Å². The van der Waals surface area contributed by atoms with Crippen LogP contribution in [-0.4, -0.2) is 24.3 Å². The van der Waals surface area contributed by atoms with Gasteiger partial charge >= 0.3 is 5.97 Å². The summed E-state index contributed by atoms with van der Waals surface area (Å²) in [7, 11) is 0. The Morgan fingerprint density at radius 3 is 1.88 bits per heavy atom. The highest BCUT2D eigenvalue weighted by molar-refractivity contribution is 5.66. The largest absolute Gasteiger partial charge is 0.461 e. The summed E-state index contributed by atoms with van der Waals surface area (Å²) in [5, 5.41) is 9.05. The van der Waals surface area contributed by atoms with Gasteiger partial charge in [-0.05, 0) is 71.3 Å². The molecule has 0 radical (unpaired) electrons. The van der Waals surface area contributed by atoms with Crippen molar-refractivity contribution in [1.29, 1.82) is 0 Å². The van der Waals surface area contributed by atoms with Crippen LogP contribution in [-0.2, 0) is 9.53 Å². The van der Waals surface area contributed by atoms with E-state index in [9.17, 15) is 4.79 Å². The number of carbonyl (C=O) groups is 1. The zero-order valence-electron chi connectivity index (χ0n) is 16.5. The van der Waals surface area contributed by atoms with E-state index in [1.165, 1.54) is 43.8 Å². The third-order valence-corrected chi connectivity index (χ3v) is 7.79. The number of aliphatic hydroxyl groups is 1. The lowest BCUT2D eigenvalue weighted by Gasteiger charge is -2.56. The molecular weight excluding hydrogens is 312 g/mol. The quantitative estimate of drug-likeness (QED) is 0.604. The molecule has 140 valence electrons. The van der Waals surface area contributed by atoms with Crippen LogP contribution in [0.25, 0.3) is 0 Å². The molecule has 4 atom stereocenters. The predicted octanol–water partition coefficient (Wildman–Crippen LogP) is 4.51. The second kappa shape index (κ2) is 6.57. The van der Waals surface area contributed by atoms with Crippen LogP contribution in [0.5, 0.6) is 0 Å². The van der Waals surface area contributed by atoms with E-state index in [1.54, 1.807) is 0 Å². The number of rotatable bonds is 3. The Hall–Kier alpha value is -1.09. The second-order valence-corrected chi connectivity index (χ2v) is 9.58. The third-order valence-electron chi connectivity index (χ3n) is 7.79. The molecule has 0 saturated heterocycles. The monoisotopic (exact) mass is 346 g/mol. The van der Waals surface area contributed by atoms with Crippen LogP contribution < -0.4 is 0 Å². The van der Waals surface area contributed by atoms with Crippen LogP contribution in [0.3, 0.4) is 0 Å². The molecule has 4 bridgehead atoms. The Bertz CT molecular complexity index is 596. The number of allylic oxidation sites excluding steroid dienone is 2. The first-order chi connectivity index (χ1) is 11.7. The first-order valence-corrected chi connectivity index (χ1v) is 9.80. The van der Waals surface area contributed by atoms with Crippen LogP contribution in [0.1, 0.15) is 60.3 Å². The molecule has 6 rings (SSSR count). The van der Waals surface area contributed by atoms with Crippen LogP contribution in [0.15, 0.2) is 23.3 Å². The lowest BCUT2D eigenvalue weighted by molar-refractivity contribution is -0.140. The van der Waals surface area contributed by atoms with Crippen molar-refractivity contribution in [2.45, 2.75) is 60.3 Å². The molecule has 1 N–H and O–H groups in total. The fourth-order valence-electron chi connectivity index (χ4n) is 5.48. The zero-order chi connectivity index (χ0) is 18.4. The van der Waals surface area contributed by atoms with Gasteiger partial charge in [0.1, 0.15) is 6.61 Å². The molecule has 4 unspecified atom stereocenters. The maximum Gasteiger partial charge on any atom is 0.302 e. The molecular formula is C22H34O3. The third kappa shape index (κ3) is 3.20. The Balaban J connectivity index is 0.000000150. The second-order valence-electron chi connectivity index (χ2n) is 9.58. The van der Waals surface area contributed by atoms with E-state index in [2.05, 4.69) is 39.8 Å². The number of aliphatic hydroxyl groups excluding tert-OH is 1. The first-order valence-electron chi connectivity index (χ1n) is 9.80. The van der Waals surface area contributed by atoms with Crippen molar-refractivity contribution in [1.82, 2.24) is 0 Å². The average Bonchev–Trinajstić information content (AvgIpc) is 2.60. The highest BCUT2D eigenvalue weighted by Crippen LogP contribution is 2.59. The van der Waals surface area contributed by atoms with Crippen molar-refractivity contribution in [3.63, 3.8) is 0 Å². The van der Waals surface area contributed by atoms with Crippen molar-refractivity contribution < 1.29 is 14.6 Å². The number of hydrogen-bond acceptors (Lipinski definition) is 3. The topological polar surface area (TPSA) is 46.5 Å². The zero-order valence-corrected chi connectivity index (χ0v) is 16.5. The summed E-state index contributed by atoms with van der Waals surface area (Å²) in [6.45, 7) is 11.6. The standard InChI is InChI=1S/C12H18O2.C10H16O/c1-8(13)14-7-9-4-5-10-6-11(9)12(10,2)3;1-10(2)8-4-3-7(6-11)9(10)5-8/h4,10-11H,5-7H2,1-3H3;3,8-9,11H,4-6H2,1-2H3. The van der Waals surface area contributed by atoms with E-state index in [0.29, 0.717) is 29.3 Å². The van der Waals surface area contributed by atoms with Gasteiger partial charge in [-0.1, -0.05) is 39.8 Å². The highest BCUT2D eigenvalue weighted by atomic mass is 16.5. The van der Waals surface area contributed by atoms with Gasteiger partial charge in [-0.25, -0.2) is 0 Å². The first kappa shape index (κ1) is 18.7. The van der Waals surface area contributed by atoms with Crippen LogP contribution >= 0.6 is 0 Å². The van der Waals surface area contributed by atoms with Gasteiger partial charge in [0.15, 0.2) is 0 Å². The number of fused-ring (bicyclic) bond motifs is 2. The lowest BCUT2D eigenvalue weighted by Crippen LogP contribution is -2.48.